The molecule has 2 aliphatic heterocycles. The second-order valence-corrected chi connectivity index (χ2v) is 8.64. The Labute approximate surface area is 189 Å². The van der Waals surface area contributed by atoms with Crippen molar-refractivity contribution in [3.05, 3.63) is 74.2 Å². The maximum atomic E-state index is 11.1. The average Bonchev–Trinajstić information content (AvgIpc) is 3.19. The molecule has 0 radical (unpaired) electrons. The first-order chi connectivity index (χ1) is 15.9. The molecule has 0 unspecified atom stereocenters. The third-order valence-corrected chi connectivity index (χ3v) is 6.69. The fourth-order valence-electron chi connectivity index (χ4n) is 5.23. The van der Waals surface area contributed by atoms with Gasteiger partial charge in [0.05, 0.1) is 9.85 Å². The van der Waals surface area contributed by atoms with E-state index >= 15 is 0 Å². The molecule has 5 rings (SSSR count). The quantitative estimate of drug-likeness (QED) is 0.341. The highest BCUT2D eigenvalue weighted by atomic mass is 16.6. The maximum absolute atomic E-state index is 11.1. The van der Waals surface area contributed by atoms with Crippen molar-refractivity contribution in [1.82, 2.24) is 0 Å². The molecule has 1 saturated heterocycles. The Bertz CT molecular complexity index is 1120. The molecule has 0 spiro atoms. The molecule has 3 aliphatic rings. The van der Waals surface area contributed by atoms with Crippen LogP contribution in [0.3, 0.4) is 0 Å². The van der Waals surface area contributed by atoms with Crippen LogP contribution >= 0.6 is 0 Å². The number of nitro benzene ring substituents is 2. The van der Waals surface area contributed by atoms with Crippen molar-refractivity contribution in [3.8, 4) is 0 Å². The predicted molar refractivity (Wildman–Crippen MR) is 118 cm³/mol. The Kier molecular flexibility index (Phi) is 5.00. The van der Waals surface area contributed by atoms with Crippen LogP contribution < -0.4 is 4.90 Å². The Morgan fingerprint density at radius 2 is 1.55 bits per heavy atom. The summed E-state index contributed by atoms with van der Waals surface area (Å²) in [6.45, 7) is 1.95. The average molecular weight is 452 g/mol. The number of benzene rings is 2. The van der Waals surface area contributed by atoms with Gasteiger partial charge in [0, 0.05) is 42.1 Å². The fraction of sp³-hybridized carbons (Fsp3) is 0.455. The van der Waals surface area contributed by atoms with Crippen LogP contribution in [0.15, 0.2) is 53.6 Å². The lowest BCUT2D eigenvalue weighted by Crippen LogP contribution is -2.55. The first kappa shape index (κ1) is 21.3. The zero-order chi connectivity index (χ0) is 23.2. The van der Waals surface area contributed by atoms with Crippen molar-refractivity contribution < 1.29 is 19.4 Å². The number of azo groups is 1. The van der Waals surface area contributed by atoms with Gasteiger partial charge in [-0.3, -0.25) is 20.2 Å². The van der Waals surface area contributed by atoms with Crippen LogP contribution in [-0.2, 0) is 4.74 Å². The molecule has 1 saturated carbocycles. The molecule has 0 N–H and O–H groups in total. The van der Waals surface area contributed by atoms with E-state index in [-0.39, 0.29) is 17.6 Å². The van der Waals surface area contributed by atoms with E-state index in [2.05, 4.69) is 4.90 Å². The van der Waals surface area contributed by atoms with Gasteiger partial charge < -0.3 is 9.64 Å². The van der Waals surface area contributed by atoms with E-state index in [9.17, 15) is 20.2 Å². The van der Waals surface area contributed by atoms with Crippen molar-refractivity contribution in [2.75, 3.05) is 4.90 Å². The Morgan fingerprint density at radius 1 is 0.970 bits per heavy atom. The molecule has 2 aromatic carbocycles. The molecule has 2 aromatic rings. The van der Waals surface area contributed by atoms with Gasteiger partial charge in [-0.1, -0.05) is 25.7 Å². The smallest absolute Gasteiger partial charge is 0.269 e. The van der Waals surface area contributed by atoms with Gasteiger partial charge in [0.15, 0.2) is 5.72 Å². The first-order valence-electron chi connectivity index (χ1n) is 11.1. The van der Waals surface area contributed by atoms with E-state index in [1.54, 1.807) is 29.1 Å². The summed E-state index contributed by atoms with van der Waals surface area (Å²) in [5.74, 6) is 0. The van der Waals surface area contributed by atoms with Crippen LogP contribution in [0.1, 0.15) is 45.4 Å². The highest BCUT2D eigenvalue weighted by molar-refractivity contribution is 5.57. The molecule has 2 heterocycles. The minimum Gasteiger partial charge on any atom is -0.345 e. The zero-order valence-corrected chi connectivity index (χ0v) is 18.2. The number of ether oxygens (including phenoxy) is 1. The standard InChI is InChI=1S/C22H24N6O5/c1-16-25(17-6-10-19(11-7-17)27(29)30)21-14-4-2-3-5-15-22(21,33-16)24-26(23-21)18-8-12-20(13-9-18)28(31)32/h6-13,16H,2-5,14-15H2,1H3/t16-,21-,22+/m0/s1. The van der Waals surface area contributed by atoms with Crippen LogP contribution in [0.5, 0.6) is 0 Å². The maximum Gasteiger partial charge on any atom is 0.269 e. The first-order valence-corrected chi connectivity index (χ1v) is 11.1. The number of non-ortho nitro benzene ring substituents is 2. The Hall–Kier alpha value is -3.60. The third-order valence-electron chi connectivity index (χ3n) is 6.69. The van der Waals surface area contributed by atoms with E-state index < -0.39 is 21.2 Å². The molecule has 2 fully saturated rings. The summed E-state index contributed by atoms with van der Waals surface area (Å²) in [5, 5.41) is 27.1. The van der Waals surface area contributed by atoms with Crippen molar-refractivity contribution in [2.24, 2.45) is 5.11 Å². The topological polar surface area (TPSA) is 128 Å². The van der Waals surface area contributed by atoms with Crippen LogP contribution in [0.4, 0.5) is 22.7 Å². The van der Waals surface area contributed by atoms with Crippen LogP contribution in [-0.4, -0.2) is 32.3 Å². The van der Waals surface area contributed by atoms with Crippen molar-refractivity contribution in [2.45, 2.75) is 63.1 Å². The number of hydrogen-bond donors (Lipinski definition) is 0. The molecular formula is C22H24N6O5. The lowest BCUT2D eigenvalue weighted by molar-refractivity contribution is -0.461. The van der Waals surface area contributed by atoms with E-state index in [4.69, 9.17) is 15.3 Å². The molecule has 3 atom stereocenters. The highest BCUT2D eigenvalue weighted by Crippen LogP contribution is 2.58. The lowest BCUT2D eigenvalue weighted by Gasteiger charge is -2.45. The summed E-state index contributed by atoms with van der Waals surface area (Å²) < 4.78 is 6.54. The van der Waals surface area contributed by atoms with Gasteiger partial charge in [0.25, 0.3) is 11.4 Å². The summed E-state index contributed by atoms with van der Waals surface area (Å²) in [4.78, 5) is 25.0. The molecule has 1 aliphatic carbocycles. The number of rotatable bonds is 4. The van der Waals surface area contributed by atoms with Crippen LogP contribution in [0, 0.1) is 20.2 Å². The molecule has 0 aromatic heterocycles. The van der Waals surface area contributed by atoms with Crippen molar-refractivity contribution in [3.63, 3.8) is 0 Å². The fourth-order valence-corrected chi connectivity index (χ4v) is 5.23. The van der Waals surface area contributed by atoms with Gasteiger partial charge in [-0.25, -0.2) is 0 Å². The molecule has 33 heavy (non-hydrogen) atoms. The van der Waals surface area contributed by atoms with Gasteiger partial charge in [-0.05, 0) is 31.9 Å². The predicted octanol–water partition coefficient (Wildman–Crippen LogP) is 5.53. The van der Waals surface area contributed by atoms with E-state index in [1.165, 1.54) is 24.3 Å². The summed E-state index contributed by atoms with van der Waals surface area (Å²) in [7, 11) is 0. The second-order valence-electron chi connectivity index (χ2n) is 8.64. The van der Waals surface area contributed by atoms with Gasteiger partial charge in [0.2, 0.25) is 5.69 Å². The molecule has 11 nitrogen and oxygen atoms in total. The van der Waals surface area contributed by atoms with E-state index in [0.717, 1.165) is 31.4 Å². The molecular weight excluding hydrogens is 428 g/mol. The molecule has 11 heteroatoms. The zero-order valence-electron chi connectivity index (χ0n) is 18.2. The summed E-state index contributed by atoms with van der Waals surface area (Å²) in [6.07, 6.45) is 5.10. The van der Waals surface area contributed by atoms with Crippen LogP contribution in [0.25, 0.3) is 5.43 Å². The summed E-state index contributed by atoms with van der Waals surface area (Å²) >= 11 is 0. The number of nitro groups is 2. The lowest BCUT2D eigenvalue weighted by atomic mass is 9.83. The third kappa shape index (κ3) is 3.30. The SMILES string of the molecule is C[C@@H]1O[C@]23CCCCCC[C@]2([N-][N+](c2ccc([N+](=O)[O-])cc2)=N3)N1c1ccc([N+](=O)[O-])cc1. The Balaban J connectivity index is 1.58. The van der Waals surface area contributed by atoms with Crippen molar-refractivity contribution in [1.29, 1.82) is 0 Å². The minimum absolute atomic E-state index is 0.00198. The second kappa shape index (κ2) is 7.77. The summed E-state index contributed by atoms with van der Waals surface area (Å²) in [6, 6.07) is 12.6. The van der Waals surface area contributed by atoms with E-state index in [0.29, 0.717) is 18.5 Å². The molecule has 0 amide bonds. The number of nitrogens with zero attached hydrogens (tertiary/aromatic N) is 6. The Morgan fingerprint density at radius 3 is 2.15 bits per heavy atom. The monoisotopic (exact) mass is 452 g/mol. The van der Waals surface area contributed by atoms with Crippen LogP contribution in [0.2, 0.25) is 0 Å². The highest BCUT2D eigenvalue weighted by Gasteiger charge is 2.65. The largest absolute Gasteiger partial charge is 0.345 e. The van der Waals surface area contributed by atoms with Gasteiger partial charge in [-0.15, -0.1) is 4.81 Å². The summed E-state index contributed by atoms with van der Waals surface area (Å²) in [5.41, 5.74) is 4.77. The van der Waals surface area contributed by atoms with Gasteiger partial charge >= 0.3 is 0 Å². The molecule has 0 bridgehead atoms. The number of hydrogen-bond acceptors (Lipinski definition) is 7. The van der Waals surface area contributed by atoms with Crippen molar-refractivity contribution >= 4 is 22.7 Å². The van der Waals surface area contributed by atoms with Gasteiger partial charge in [0.1, 0.15) is 11.9 Å². The van der Waals surface area contributed by atoms with Gasteiger partial charge in [-0.2, -0.15) is 10.5 Å². The minimum atomic E-state index is -0.906. The number of anilines is 1. The molecule has 172 valence electrons. The normalized spacial score (nSPS) is 28.7. The van der Waals surface area contributed by atoms with E-state index in [1.807, 2.05) is 6.92 Å².